The molecule has 0 saturated carbocycles. The van der Waals surface area contributed by atoms with Crippen molar-refractivity contribution in [2.75, 3.05) is 38.2 Å². The number of nitrogens with zero attached hydrogens (tertiary/aromatic N) is 6. The van der Waals surface area contributed by atoms with E-state index in [9.17, 15) is 4.79 Å². The molecule has 6 rings (SSSR count). The van der Waals surface area contributed by atoms with E-state index in [4.69, 9.17) is 21.3 Å². The molecule has 1 amide bonds. The second-order valence-corrected chi connectivity index (χ2v) is 10.3. The van der Waals surface area contributed by atoms with Crippen LogP contribution in [0.3, 0.4) is 0 Å². The first-order valence-corrected chi connectivity index (χ1v) is 12.4. The van der Waals surface area contributed by atoms with E-state index in [-0.39, 0.29) is 5.91 Å². The van der Waals surface area contributed by atoms with Gasteiger partial charge in [-0.2, -0.15) is 15.0 Å². The van der Waals surface area contributed by atoms with Crippen molar-refractivity contribution in [3.63, 3.8) is 0 Å². The van der Waals surface area contributed by atoms with Gasteiger partial charge < -0.3 is 14.5 Å². The minimum Gasteiger partial charge on any atom is -0.497 e. The highest BCUT2D eigenvalue weighted by molar-refractivity contribution is 7.22. The standard InChI is InChI=1S/C24H23ClN6O2S/c1-33-18-3-5-21(31-26-6-7-27-31)19(10-18)23(32)29-11-15-8-16(12-29)14-30(13-15)24-28-20-4-2-17(25)9-22(20)34-24/h2-7,9-10,15-16H,8,11-14H2,1H3. The fourth-order valence-electron chi connectivity index (χ4n) is 5.12. The number of benzene rings is 2. The Hall–Kier alpha value is -3.17. The number of rotatable bonds is 4. The Kier molecular flexibility index (Phi) is 5.38. The number of aromatic nitrogens is 4. The third-order valence-corrected chi connectivity index (χ3v) is 7.86. The first-order chi connectivity index (χ1) is 16.6. The van der Waals surface area contributed by atoms with Crippen LogP contribution in [0.2, 0.25) is 5.02 Å². The number of piperidine rings is 2. The van der Waals surface area contributed by atoms with Crippen molar-refractivity contribution in [1.82, 2.24) is 24.9 Å². The minimum absolute atomic E-state index is 0.0102. The first-order valence-electron chi connectivity index (χ1n) is 11.2. The Morgan fingerprint density at radius 3 is 2.56 bits per heavy atom. The van der Waals surface area contributed by atoms with Crippen LogP contribution in [0, 0.1) is 11.8 Å². The van der Waals surface area contributed by atoms with E-state index in [1.807, 2.05) is 35.2 Å². The van der Waals surface area contributed by atoms with Gasteiger partial charge in [0, 0.05) is 31.2 Å². The first kappa shape index (κ1) is 21.4. The molecule has 2 aromatic carbocycles. The van der Waals surface area contributed by atoms with Gasteiger partial charge in [0.05, 0.1) is 41.0 Å². The summed E-state index contributed by atoms with van der Waals surface area (Å²) in [5.74, 6) is 1.41. The summed E-state index contributed by atoms with van der Waals surface area (Å²) >= 11 is 7.85. The Balaban J connectivity index is 1.23. The number of hydrogen-bond donors (Lipinski definition) is 0. The Morgan fingerprint density at radius 1 is 1.06 bits per heavy atom. The van der Waals surface area contributed by atoms with Crippen molar-refractivity contribution in [2.45, 2.75) is 6.42 Å². The molecular weight excluding hydrogens is 472 g/mol. The van der Waals surface area contributed by atoms with Crippen molar-refractivity contribution >= 4 is 44.2 Å². The number of anilines is 1. The van der Waals surface area contributed by atoms with Crippen LogP contribution in [0.5, 0.6) is 5.75 Å². The van der Waals surface area contributed by atoms with Crippen LogP contribution in [0.1, 0.15) is 16.8 Å². The van der Waals surface area contributed by atoms with Crippen molar-refractivity contribution in [2.24, 2.45) is 11.8 Å². The maximum atomic E-state index is 13.7. The molecule has 2 aliphatic heterocycles. The number of likely N-dealkylation sites (tertiary alicyclic amines) is 1. The van der Waals surface area contributed by atoms with Crippen LogP contribution < -0.4 is 9.64 Å². The third-order valence-electron chi connectivity index (χ3n) is 6.55. The highest BCUT2D eigenvalue weighted by Gasteiger charge is 2.37. The number of amides is 1. The van der Waals surface area contributed by atoms with Gasteiger partial charge in [0.25, 0.3) is 5.91 Å². The molecule has 0 radical (unpaired) electrons. The molecule has 34 heavy (non-hydrogen) atoms. The number of thiazole rings is 1. The van der Waals surface area contributed by atoms with Crippen molar-refractivity contribution in [1.29, 1.82) is 0 Å². The van der Waals surface area contributed by atoms with Gasteiger partial charge in [0.2, 0.25) is 0 Å². The van der Waals surface area contributed by atoms with E-state index in [2.05, 4.69) is 15.1 Å². The molecule has 10 heteroatoms. The van der Waals surface area contributed by atoms with Crippen LogP contribution in [-0.2, 0) is 0 Å². The van der Waals surface area contributed by atoms with E-state index < -0.39 is 0 Å². The summed E-state index contributed by atoms with van der Waals surface area (Å²) in [5.41, 5.74) is 2.19. The largest absolute Gasteiger partial charge is 0.497 e. The quantitative estimate of drug-likeness (QED) is 0.424. The predicted molar refractivity (Wildman–Crippen MR) is 132 cm³/mol. The zero-order valence-electron chi connectivity index (χ0n) is 18.6. The number of halogens is 1. The van der Waals surface area contributed by atoms with E-state index >= 15 is 0 Å². The topological polar surface area (TPSA) is 76.4 Å². The Bertz CT molecular complexity index is 1340. The van der Waals surface area contributed by atoms with Gasteiger partial charge in [-0.3, -0.25) is 4.79 Å². The zero-order valence-corrected chi connectivity index (χ0v) is 20.2. The summed E-state index contributed by atoms with van der Waals surface area (Å²) in [6, 6.07) is 11.3. The van der Waals surface area contributed by atoms with Gasteiger partial charge in [0.15, 0.2) is 5.13 Å². The predicted octanol–water partition coefficient (Wildman–Crippen LogP) is 4.14. The van der Waals surface area contributed by atoms with E-state index in [0.29, 0.717) is 41.9 Å². The molecule has 2 saturated heterocycles. The van der Waals surface area contributed by atoms with E-state index in [0.717, 1.165) is 39.9 Å². The lowest BCUT2D eigenvalue weighted by molar-refractivity contribution is 0.0564. The summed E-state index contributed by atoms with van der Waals surface area (Å²) in [6.07, 6.45) is 4.34. The third kappa shape index (κ3) is 3.88. The molecule has 0 aliphatic carbocycles. The molecule has 4 aromatic rings. The molecule has 4 heterocycles. The van der Waals surface area contributed by atoms with E-state index in [1.165, 1.54) is 4.80 Å². The summed E-state index contributed by atoms with van der Waals surface area (Å²) in [6.45, 7) is 3.20. The summed E-state index contributed by atoms with van der Waals surface area (Å²) in [7, 11) is 1.60. The summed E-state index contributed by atoms with van der Waals surface area (Å²) in [4.78, 5) is 24.4. The van der Waals surface area contributed by atoms with Crippen molar-refractivity contribution < 1.29 is 9.53 Å². The molecule has 2 aliphatic rings. The van der Waals surface area contributed by atoms with Gasteiger partial charge in [-0.25, -0.2) is 4.98 Å². The molecule has 2 bridgehead atoms. The number of carbonyl (C=O) groups excluding carboxylic acids is 1. The maximum absolute atomic E-state index is 13.7. The Morgan fingerprint density at radius 2 is 1.82 bits per heavy atom. The van der Waals surface area contributed by atoms with Gasteiger partial charge in [-0.15, -0.1) is 0 Å². The SMILES string of the molecule is COc1ccc(-n2nccn2)c(C(=O)N2CC3CC(C2)CN(c2nc4ccc(Cl)cc4s2)C3)c1. The molecule has 2 atom stereocenters. The highest BCUT2D eigenvalue weighted by Crippen LogP contribution is 2.37. The lowest BCUT2D eigenvalue weighted by Crippen LogP contribution is -2.54. The molecule has 174 valence electrons. The zero-order chi connectivity index (χ0) is 23.2. The average Bonchev–Trinajstić information content (AvgIpc) is 3.52. The average molecular weight is 495 g/mol. The lowest BCUT2D eigenvalue weighted by atomic mass is 9.84. The monoisotopic (exact) mass is 494 g/mol. The normalized spacial score (nSPS) is 20.1. The van der Waals surface area contributed by atoms with Crippen LogP contribution in [-0.4, -0.2) is 64.1 Å². The lowest BCUT2D eigenvalue weighted by Gasteiger charge is -2.45. The van der Waals surface area contributed by atoms with Crippen LogP contribution in [0.4, 0.5) is 5.13 Å². The van der Waals surface area contributed by atoms with Gasteiger partial charge in [-0.05, 0) is 54.7 Å². The van der Waals surface area contributed by atoms with E-state index in [1.54, 1.807) is 36.9 Å². The number of methoxy groups -OCH3 is 1. The fraction of sp³-hybridized carbons (Fsp3) is 0.333. The van der Waals surface area contributed by atoms with Gasteiger partial charge >= 0.3 is 0 Å². The fourth-order valence-corrected chi connectivity index (χ4v) is 6.38. The maximum Gasteiger partial charge on any atom is 0.256 e. The van der Waals surface area contributed by atoms with Gasteiger partial charge in [-0.1, -0.05) is 22.9 Å². The number of fused-ring (bicyclic) bond motifs is 3. The Labute approximate surface area is 205 Å². The van der Waals surface area contributed by atoms with Crippen molar-refractivity contribution in [3.05, 3.63) is 59.4 Å². The number of hydrogen-bond acceptors (Lipinski definition) is 7. The second-order valence-electron chi connectivity index (χ2n) is 8.89. The van der Waals surface area contributed by atoms with Crippen molar-refractivity contribution in [3.8, 4) is 11.4 Å². The minimum atomic E-state index is -0.0102. The molecule has 8 nitrogen and oxygen atoms in total. The summed E-state index contributed by atoms with van der Waals surface area (Å²) in [5, 5.41) is 10.2. The van der Waals surface area contributed by atoms with Crippen LogP contribution in [0.15, 0.2) is 48.8 Å². The molecule has 2 fully saturated rings. The van der Waals surface area contributed by atoms with Crippen LogP contribution in [0.25, 0.3) is 15.9 Å². The molecule has 2 unspecified atom stereocenters. The van der Waals surface area contributed by atoms with Gasteiger partial charge in [0.1, 0.15) is 5.75 Å². The highest BCUT2D eigenvalue weighted by atomic mass is 35.5. The van der Waals surface area contributed by atoms with Crippen LogP contribution >= 0.6 is 22.9 Å². The number of carbonyl (C=O) groups is 1. The molecule has 2 aromatic heterocycles. The second kappa shape index (κ2) is 8.56. The number of ether oxygens (including phenoxy) is 1. The smallest absolute Gasteiger partial charge is 0.256 e. The molecule has 0 N–H and O–H groups in total. The molecule has 0 spiro atoms. The molecular formula is C24H23ClN6O2S. The summed E-state index contributed by atoms with van der Waals surface area (Å²) < 4.78 is 6.50.